The summed E-state index contributed by atoms with van der Waals surface area (Å²) in [5.74, 6) is 1.58. The molecule has 2 nitrogen and oxygen atoms in total. The maximum Gasteiger partial charge on any atom is 0.138 e. The highest BCUT2D eigenvalue weighted by Gasteiger charge is 2.35. The maximum absolute atomic E-state index is 11.7. The first kappa shape index (κ1) is 12.1. The number of Topliss-reactive ketones (excluding diaryl/α,β-unsaturated/α-hetero) is 1. The molecular formula is C14H25NO. The zero-order chi connectivity index (χ0) is 11.7. The highest BCUT2D eigenvalue weighted by molar-refractivity contribution is 5.82. The van der Waals surface area contributed by atoms with E-state index in [1.54, 1.807) is 0 Å². The summed E-state index contributed by atoms with van der Waals surface area (Å²) in [7, 11) is 0. The summed E-state index contributed by atoms with van der Waals surface area (Å²) < 4.78 is 0. The van der Waals surface area contributed by atoms with Crippen LogP contribution in [0.5, 0.6) is 0 Å². The number of nitrogens with zero attached hydrogens (tertiary/aromatic N) is 1. The average Bonchev–Trinajstić information content (AvgIpc) is 2.26. The van der Waals surface area contributed by atoms with Crippen molar-refractivity contribution in [3.63, 3.8) is 0 Å². The largest absolute Gasteiger partial charge is 0.299 e. The van der Waals surface area contributed by atoms with Gasteiger partial charge in [-0.25, -0.2) is 0 Å². The predicted molar refractivity (Wildman–Crippen MR) is 66.4 cm³/mol. The summed E-state index contributed by atoms with van der Waals surface area (Å²) >= 11 is 0. The van der Waals surface area contributed by atoms with Gasteiger partial charge in [0.25, 0.3) is 0 Å². The zero-order valence-corrected chi connectivity index (χ0v) is 10.9. The molecule has 4 atom stereocenters. The molecule has 16 heavy (non-hydrogen) atoms. The van der Waals surface area contributed by atoms with Crippen LogP contribution >= 0.6 is 0 Å². The average molecular weight is 223 g/mol. The molecule has 0 N–H and O–H groups in total. The molecule has 0 bridgehead atoms. The fraction of sp³-hybridized carbons (Fsp3) is 0.929. The van der Waals surface area contributed by atoms with E-state index in [1.807, 2.05) is 0 Å². The second kappa shape index (κ2) is 4.87. The molecule has 2 aliphatic rings. The number of hydrogen-bond acceptors (Lipinski definition) is 2. The molecular weight excluding hydrogens is 198 g/mol. The Morgan fingerprint density at radius 3 is 2.62 bits per heavy atom. The van der Waals surface area contributed by atoms with E-state index in [0.717, 1.165) is 24.9 Å². The third kappa shape index (κ3) is 2.32. The molecule has 0 radical (unpaired) electrons. The van der Waals surface area contributed by atoms with Gasteiger partial charge < -0.3 is 0 Å². The first-order valence-electron chi connectivity index (χ1n) is 6.88. The van der Waals surface area contributed by atoms with E-state index in [9.17, 15) is 4.79 Å². The van der Waals surface area contributed by atoms with E-state index >= 15 is 0 Å². The number of likely N-dealkylation sites (tertiary alicyclic amines) is 1. The molecule has 1 aliphatic carbocycles. The van der Waals surface area contributed by atoms with Crippen molar-refractivity contribution in [3.8, 4) is 0 Å². The van der Waals surface area contributed by atoms with Gasteiger partial charge >= 0.3 is 0 Å². The highest BCUT2D eigenvalue weighted by Crippen LogP contribution is 2.32. The normalized spacial score (nSPS) is 42.3. The first-order chi connectivity index (χ1) is 7.59. The lowest BCUT2D eigenvalue weighted by Crippen LogP contribution is -2.52. The van der Waals surface area contributed by atoms with E-state index in [4.69, 9.17) is 0 Å². The molecule has 2 fully saturated rings. The van der Waals surface area contributed by atoms with Crippen LogP contribution in [0.25, 0.3) is 0 Å². The van der Waals surface area contributed by atoms with Crippen LogP contribution in [0.1, 0.15) is 52.9 Å². The second-order valence-electron chi connectivity index (χ2n) is 5.91. The Morgan fingerprint density at radius 2 is 1.94 bits per heavy atom. The van der Waals surface area contributed by atoms with Gasteiger partial charge in [0.1, 0.15) is 5.78 Å². The maximum atomic E-state index is 11.7. The lowest BCUT2D eigenvalue weighted by molar-refractivity contribution is -0.129. The molecule has 0 aromatic carbocycles. The number of rotatable bonds is 1. The van der Waals surface area contributed by atoms with Gasteiger partial charge in [-0.3, -0.25) is 9.69 Å². The third-order valence-corrected chi connectivity index (χ3v) is 4.75. The second-order valence-corrected chi connectivity index (χ2v) is 5.91. The van der Waals surface area contributed by atoms with Gasteiger partial charge in [0, 0.05) is 31.0 Å². The van der Waals surface area contributed by atoms with Gasteiger partial charge in [0.15, 0.2) is 0 Å². The van der Waals surface area contributed by atoms with Crippen LogP contribution in [-0.2, 0) is 4.79 Å². The van der Waals surface area contributed by atoms with Gasteiger partial charge in [-0.15, -0.1) is 0 Å². The zero-order valence-electron chi connectivity index (χ0n) is 10.9. The minimum absolute atomic E-state index is 0.242. The fourth-order valence-corrected chi connectivity index (χ4v) is 3.45. The standard InChI is InChI=1S/C14H25NO/c1-10-5-4-6-13(9-10)15-8-7-14(16)11(2)12(15)3/h10-13H,4-9H2,1-3H3. The monoisotopic (exact) mass is 223 g/mol. The molecule has 4 unspecified atom stereocenters. The summed E-state index contributed by atoms with van der Waals surface area (Å²) in [6.45, 7) is 7.71. The van der Waals surface area contributed by atoms with Crippen LogP contribution in [0.4, 0.5) is 0 Å². The lowest BCUT2D eigenvalue weighted by Gasteiger charge is -2.44. The van der Waals surface area contributed by atoms with Crippen molar-refractivity contribution in [1.29, 1.82) is 0 Å². The quantitative estimate of drug-likeness (QED) is 0.681. The molecule has 0 aromatic heterocycles. The van der Waals surface area contributed by atoms with Crippen molar-refractivity contribution >= 4 is 5.78 Å². The van der Waals surface area contributed by atoms with Crippen LogP contribution in [-0.4, -0.2) is 29.3 Å². The van der Waals surface area contributed by atoms with Crippen LogP contribution < -0.4 is 0 Å². The number of piperidine rings is 1. The molecule has 1 saturated heterocycles. The fourth-order valence-electron chi connectivity index (χ4n) is 3.45. The SMILES string of the molecule is CC1CCCC(N2CCC(=O)C(C)C2C)C1. The first-order valence-corrected chi connectivity index (χ1v) is 6.88. The van der Waals surface area contributed by atoms with E-state index in [-0.39, 0.29) is 5.92 Å². The molecule has 1 heterocycles. The predicted octanol–water partition coefficient (Wildman–Crippen LogP) is 2.86. The van der Waals surface area contributed by atoms with Crippen molar-refractivity contribution in [2.75, 3.05) is 6.54 Å². The van der Waals surface area contributed by atoms with E-state index < -0.39 is 0 Å². The van der Waals surface area contributed by atoms with Gasteiger partial charge in [-0.1, -0.05) is 26.7 Å². The summed E-state index contributed by atoms with van der Waals surface area (Å²) in [6.07, 6.45) is 6.22. The van der Waals surface area contributed by atoms with Gasteiger partial charge in [0.05, 0.1) is 0 Å². The Balaban J connectivity index is 2.00. The van der Waals surface area contributed by atoms with Crippen LogP contribution in [0.2, 0.25) is 0 Å². The Labute approximate surface area is 99.4 Å². The number of carbonyl (C=O) groups excluding carboxylic acids is 1. The van der Waals surface area contributed by atoms with Gasteiger partial charge in [-0.05, 0) is 25.7 Å². The number of hydrogen-bond donors (Lipinski definition) is 0. The van der Waals surface area contributed by atoms with Crippen LogP contribution in [0.3, 0.4) is 0 Å². The van der Waals surface area contributed by atoms with E-state index in [2.05, 4.69) is 25.7 Å². The molecule has 2 rings (SSSR count). The Bertz CT molecular complexity index is 263. The minimum atomic E-state index is 0.242. The van der Waals surface area contributed by atoms with Crippen molar-refractivity contribution in [3.05, 3.63) is 0 Å². The molecule has 1 aliphatic heterocycles. The Kier molecular flexibility index (Phi) is 3.68. The van der Waals surface area contributed by atoms with Crippen LogP contribution in [0, 0.1) is 11.8 Å². The van der Waals surface area contributed by atoms with E-state index in [0.29, 0.717) is 11.8 Å². The number of carbonyl (C=O) groups is 1. The molecule has 92 valence electrons. The van der Waals surface area contributed by atoms with Crippen molar-refractivity contribution in [1.82, 2.24) is 4.90 Å². The van der Waals surface area contributed by atoms with Crippen LogP contribution in [0.15, 0.2) is 0 Å². The summed E-state index contributed by atoms with van der Waals surface area (Å²) in [6, 6.07) is 1.20. The molecule has 0 amide bonds. The van der Waals surface area contributed by atoms with Gasteiger partial charge in [-0.2, -0.15) is 0 Å². The molecule has 0 aromatic rings. The van der Waals surface area contributed by atoms with E-state index in [1.165, 1.54) is 25.7 Å². The molecule has 0 spiro atoms. The summed E-state index contributed by atoms with van der Waals surface area (Å²) in [5, 5.41) is 0. The van der Waals surface area contributed by atoms with Crippen molar-refractivity contribution in [2.45, 2.75) is 65.0 Å². The molecule has 1 saturated carbocycles. The Hall–Kier alpha value is -0.370. The summed E-state index contributed by atoms with van der Waals surface area (Å²) in [4.78, 5) is 14.3. The van der Waals surface area contributed by atoms with Crippen molar-refractivity contribution in [2.24, 2.45) is 11.8 Å². The highest BCUT2D eigenvalue weighted by atomic mass is 16.1. The van der Waals surface area contributed by atoms with Gasteiger partial charge in [0.2, 0.25) is 0 Å². The topological polar surface area (TPSA) is 20.3 Å². The lowest BCUT2D eigenvalue weighted by atomic mass is 9.82. The number of ketones is 1. The van der Waals surface area contributed by atoms with Crippen molar-refractivity contribution < 1.29 is 4.79 Å². The summed E-state index contributed by atoms with van der Waals surface area (Å²) in [5.41, 5.74) is 0. The molecule has 2 heteroatoms. The minimum Gasteiger partial charge on any atom is -0.299 e. The smallest absolute Gasteiger partial charge is 0.138 e. The third-order valence-electron chi connectivity index (χ3n) is 4.75. The Morgan fingerprint density at radius 1 is 1.19 bits per heavy atom.